The Bertz CT molecular complexity index is 539. The summed E-state index contributed by atoms with van der Waals surface area (Å²) in [5, 5.41) is 4.89. The highest BCUT2D eigenvalue weighted by molar-refractivity contribution is 6.07. The van der Waals surface area contributed by atoms with E-state index >= 15 is 0 Å². The number of carbonyl (C=O) groups is 2. The van der Waals surface area contributed by atoms with Crippen molar-refractivity contribution < 1.29 is 14.3 Å². The van der Waals surface area contributed by atoms with Crippen LogP contribution in [0.2, 0.25) is 0 Å². The van der Waals surface area contributed by atoms with Gasteiger partial charge in [-0.15, -0.1) is 0 Å². The summed E-state index contributed by atoms with van der Waals surface area (Å²) in [5.74, 6) is 0.599. The lowest BCUT2D eigenvalue weighted by molar-refractivity contribution is -0.123. The minimum Gasteiger partial charge on any atom is -0.496 e. The van der Waals surface area contributed by atoms with Crippen LogP contribution in [0.25, 0.3) is 0 Å². The molecule has 19 heavy (non-hydrogen) atoms. The largest absolute Gasteiger partial charge is 0.496 e. The van der Waals surface area contributed by atoms with E-state index in [0.29, 0.717) is 17.2 Å². The summed E-state index contributed by atoms with van der Waals surface area (Å²) in [6, 6.07) is 5.20. The monoisotopic (exact) mass is 262 g/mol. The van der Waals surface area contributed by atoms with Crippen molar-refractivity contribution in [3.05, 3.63) is 29.3 Å². The molecule has 0 aliphatic carbocycles. The molecule has 5 nitrogen and oxygen atoms in total. The maximum Gasteiger partial charge on any atom is 0.322 e. The van der Waals surface area contributed by atoms with E-state index < -0.39 is 11.6 Å². The second-order valence-corrected chi connectivity index (χ2v) is 5.15. The van der Waals surface area contributed by atoms with Crippen LogP contribution in [0.4, 0.5) is 4.79 Å². The Labute approximate surface area is 112 Å². The van der Waals surface area contributed by atoms with Crippen LogP contribution in [-0.2, 0) is 10.3 Å². The van der Waals surface area contributed by atoms with Gasteiger partial charge in [-0.1, -0.05) is 26.0 Å². The third-order valence-corrected chi connectivity index (χ3v) is 3.48. The minimum absolute atomic E-state index is 0.364. The molecule has 1 aromatic carbocycles. The lowest BCUT2D eigenvalue weighted by Crippen LogP contribution is -2.40. The van der Waals surface area contributed by atoms with Crippen molar-refractivity contribution in [1.82, 2.24) is 10.6 Å². The van der Waals surface area contributed by atoms with Gasteiger partial charge in [0.2, 0.25) is 0 Å². The average molecular weight is 262 g/mol. The number of hydrogen-bond acceptors (Lipinski definition) is 3. The fourth-order valence-corrected chi connectivity index (χ4v) is 2.21. The molecule has 0 radical (unpaired) electrons. The standard InChI is InChI=1S/C14H18N2O3/c1-8(2)9-5-6-10(11(7-9)19-4)14(3)12(17)15-13(18)16-14/h5-8H,1-4H3,(H2,15,16,17,18). The van der Waals surface area contributed by atoms with Crippen LogP contribution in [0.3, 0.4) is 0 Å². The Hall–Kier alpha value is -2.04. The summed E-state index contributed by atoms with van der Waals surface area (Å²) >= 11 is 0. The highest BCUT2D eigenvalue weighted by Gasteiger charge is 2.45. The summed E-state index contributed by atoms with van der Waals surface area (Å²) in [7, 11) is 1.56. The van der Waals surface area contributed by atoms with Gasteiger partial charge < -0.3 is 10.1 Å². The first kappa shape index (κ1) is 13.4. The van der Waals surface area contributed by atoms with Gasteiger partial charge in [-0.05, 0) is 24.5 Å². The maximum atomic E-state index is 11.9. The van der Waals surface area contributed by atoms with E-state index in [4.69, 9.17) is 4.74 Å². The van der Waals surface area contributed by atoms with Crippen molar-refractivity contribution >= 4 is 11.9 Å². The Kier molecular flexibility index (Phi) is 3.22. The van der Waals surface area contributed by atoms with Crippen LogP contribution in [0.1, 0.15) is 37.8 Å². The second kappa shape index (κ2) is 4.57. The zero-order valence-electron chi connectivity index (χ0n) is 11.5. The fraction of sp³-hybridized carbons (Fsp3) is 0.429. The van der Waals surface area contributed by atoms with Gasteiger partial charge in [0.1, 0.15) is 11.3 Å². The molecule has 0 spiro atoms. The molecule has 5 heteroatoms. The molecule has 102 valence electrons. The third-order valence-electron chi connectivity index (χ3n) is 3.48. The zero-order valence-corrected chi connectivity index (χ0v) is 11.5. The van der Waals surface area contributed by atoms with Crippen LogP contribution in [0.5, 0.6) is 5.75 Å². The van der Waals surface area contributed by atoms with Crippen molar-refractivity contribution in [1.29, 1.82) is 0 Å². The highest BCUT2D eigenvalue weighted by atomic mass is 16.5. The fourth-order valence-electron chi connectivity index (χ4n) is 2.21. The molecule has 1 aromatic rings. The van der Waals surface area contributed by atoms with Gasteiger partial charge in [0.05, 0.1) is 7.11 Å². The SMILES string of the molecule is COc1cc(C(C)C)ccc1C1(C)NC(=O)NC1=O. The quantitative estimate of drug-likeness (QED) is 0.817. The molecule has 0 aromatic heterocycles. The highest BCUT2D eigenvalue weighted by Crippen LogP contribution is 2.34. The van der Waals surface area contributed by atoms with Gasteiger partial charge in [-0.2, -0.15) is 0 Å². The van der Waals surface area contributed by atoms with E-state index in [0.717, 1.165) is 5.56 Å². The van der Waals surface area contributed by atoms with E-state index in [1.54, 1.807) is 14.0 Å². The summed E-state index contributed by atoms with van der Waals surface area (Å²) < 4.78 is 5.37. The first-order valence-corrected chi connectivity index (χ1v) is 6.20. The molecule has 3 amide bonds. The number of ether oxygens (including phenoxy) is 1. The molecule has 1 aliphatic heterocycles. The number of benzene rings is 1. The molecule has 1 aliphatic rings. The first-order valence-electron chi connectivity index (χ1n) is 6.20. The van der Waals surface area contributed by atoms with Crippen LogP contribution < -0.4 is 15.4 Å². The molecule has 1 saturated heterocycles. The predicted octanol–water partition coefficient (Wildman–Crippen LogP) is 1.87. The van der Waals surface area contributed by atoms with Crippen molar-refractivity contribution in [2.75, 3.05) is 7.11 Å². The van der Waals surface area contributed by atoms with E-state index in [-0.39, 0.29) is 5.91 Å². The summed E-state index contributed by atoms with van der Waals surface area (Å²) in [5.41, 5.74) is 0.689. The number of amides is 3. The van der Waals surface area contributed by atoms with Crippen LogP contribution in [0.15, 0.2) is 18.2 Å². The van der Waals surface area contributed by atoms with E-state index in [9.17, 15) is 9.59 Å². The third kappa shape index (κ3) is 2.16. The number of carbonyl (C=O) groups excluding carboxylic acids is 2. The summed E-state index contributed by atoms with van der Waals surface area (Å²) in [6.07, 6.45) is 0. The molecule has 1 fully saturated rings. The number of imide groups is 1. The Morgan fingerprint density at radius 2 is 1.95 bits per heavy atom. The number of urea groups is 1. The minimum atomic E-state index is -1.09. The van der Waals surface area contributed by atoms with Gasteiger partial charge in [0, 0.05) is 5.56 Å². The average Bonchev–Trinajstić information content (AvgIpc) is 2.62. The van der Waals surface area contributed by atoms with Crippen LogP contribution >= 0.6 is 0 Å². The van der Waals surface area contributed by atoms with E-state index in [1.807, 2.05) is 18.2 Å². The van der Waals surface area contributed by atoms with Gasteiger partial charge in [-0.3, -0.25) is 10.1 Å². The Morgan fingerprint density at radius 1 is 1.26 bits per heavy atom. The van der Waals surface area contributed by atoms with Gasteiger partial charge in [0.25, 0.3) is 5.91 Å². The van der Waals surface area contributed by atoms with E-state index in [1.165, 1.54) is 0 Å². The second-order valence-electron chi connectivity index (χ2n) is 5.15. The van der Waals surface area contributed by atoms with Crippen LogP contribution in [-0.4, -0.2) is 19.0 Å². The number of methoxy groups -OCH3 is 1. The number of rotatable bonds is 3. The molecule has 2 rings (SSSR count). The van der Waals surface area contributed by atoms with Crippen molar-refractivity contribution in [2.24, 2.45) is 0 Å². The van der Waals surface area contributed by atoms with Crippen molar-refractivity contribution in [2.45, 2.75) is 32.2 Å². The normalized spacial score (nSPS) is 22.4. The molecule has 1 unspecified atom stereocenters. The van der Waals surface area contributed by atoms with Gasteiger partial charge in [-0.25, -0.2) is 4.79 Å². The molecule has 0 bridgehead atoms. The van der Waals surface area contributed by atoms with E-state index in [2.05, 4.69) is 24.5 Å². The first-order chi connectivity index (χ1) is 8.88. The van der Waals surface area contributed by atoms with Crippen molar-refractivity contribution in [3.63, 3.8) is 0 Å². The Balaban J connectivity index is 2.51. The summed E-state index contributed by atoms with van der Waals surface area (Å²) in [6.45, 7) is 5.83. The van der Waals surface area contributed by atoms with Crippen molar-refractivity contribution in [3.8, 4) is 5.75 Å². The number of nitrogens with one attached hydrogen (secondary N) is 2. The topological polar surface area (TPSA) is 67.4 Å². The number of hydrogen-bond donors (Lipinski definition) is 2. The van der Waals surface area contributed by atoms with Gasteiger partial charge in [0.15, 0.2) is 0 Å². The molecule has 1 heterocycles. The van der Waals surface area contributed by atoms with Crippen LogP contribution in [0, 0.1) is 0 Å². The lowest BCUT2D eigenvalue weighted by Gasteiger charge is -2.24. The Morgan fingerprint density at radius 3 is 2.42 bits per heavy atom. The molecule has 0 saturated carbocycles. The maximum absolute atomic E-state index is 11.9. The smallest absolute Gasteiger partial charge is 0.322 e. The van der Waals surface area contributed by atoms with Gasteiger partial charge >= 0.3 is 6.03 Å². The molecule has 1 atom stereocenters. The zero-order chi connectivity index (χ0) is 14.2. The lowest BCUT2D eigenvalue weighted by atomic mass is 9.89. The molecular weight excluding hydrogens is 244 g/mol. The predicted molar refractivity (Wildman–Crippen MR) is 71.1 cm³/mol. The summed E-state index contributed by atoms with van der Waals surface area (Å²) in [4.78, 5) is 23.3. The molecule has 2 N–H and O–H groups in total. The molecular formula is C14H18N2O3.